The van der Waals surface area contributed by atoms with E-state index in [0.717, 1.165) is 51.0 Å². The van der Waals surface area contributed by atoms with Gasteiger partial charge in [0.15, 0.2) is 0 Å². The Morgan fingerprint density at radius 2 is 1.83 bits per heavy atom. The molecule has 4 heteroatoms. The average molecular weight is 416 g/mol. The third-order valence-corrected chi connectivity index (χ3v) is 6.70. The third kappa shape index (κ3) is 7.96. The highest BCUT2D eigenvalue weighted by Crippen LogP contribution is 2.28. The van der Waals surface area contributed by atoms with Gasteiger partial charge in [0.05, 0.1) is 6.61 Å². The summed E-state index contributed by atoms with van der Waals surface area (Å²) >= 11 is 0. The molecule has 30 heavy (non-hydrogen) atoms. The lowest BCUT2D eigenvalue weighted by Gasteiger charge is -2.36. The molecule has 0 bridgehead atoms. The van der Waals surface area contributed by atoms with Gasteiger partial charge in [-0.25, -0.2) is 0 Å². The molecule has 0 spiro atoms. The molecule has 1 heterocycles. The molecule has 0 radical (unpaired) electrons. The monoisotopic (exact) mass is 415 g/mol. The van der Waals surface area contributed by atoms with Gasteiger partial charge >= 0.3 is 0 Å². The Morgan fingerprint density at radius 1 is 1.07 bits per heavy atom. The Morgan fingerprint density at radius 3 is 2.50 bits per heavy atom. The van der Waals surface area contributed by atoms with E-state index in [1.807, 2.05) is 0 Å². The first kappa shape index (κ1) is 23.7. The normalized spacial score (nSPS) is 19.6. The molecule has 1 saturated carbocycles. The van der Waals surface area contributed by atoms with Crippen molar-refractivity contribution in [3.63, 3.8) is 0 Å². The molecule has 1 aromatic rings. The summed E-state index contributed by atoms with van der Waals surface area (Å²) in [4.78, 5) is 10.9. The van der Waals surface area contributed by atoms with Crippen LogP contribution in [-0.4, -0.2) is 61.2 Å². The Bertz CT molecular complexity index is 606. The summed E-state index contributed by atoms with van der Waals surface area (Å²) in [6, 6.07) is 9.86. The summed E-state index contributed by atoms with van der Waals surface area (Å²) in [7, 11) is 4.46. The highest BCUT2D eigenvalue weighted by atomic mass is 16.7. The Balaban J connectivity index is 1.71. The van der Waals surface area contributed by atoms with E-state index in [9.17, 15) is 0 Å². The molecule has 1 aliphatic heterocycles. The molecule has 1 saturated heterocycles. The molecule has 0 N–H and O–H groups in total. The quantitative estimate of drug-likeness (QED) is 0.468. The molecule has 1 aromatic carbocycles. The van der Waals surface area contributed by atoms with Crippen LogP contribution in [0.1, 0.15) is 69.9 Å². The minimum atomic E-state index is 0.633. The van der Waals surface area contributed by atoms with Crippen LogP contribution < -0.4 is 0 Å². The van der Waals surface area contributed by atoms with E-state index in [4.69, 9.17) is 4.84 Å². The van der Waals surface area contributed by atoms with E-state index in [1.54, 1.807) is 0 Å². The lowest BCUT2D eigenvalue weighted by Crippen LogP contribution is -2.44. The second-order valence-electron chi connectivity index (χ2n) is 10.3. The highest BCUT2D eigenvalue weighted by molar-refractivity contribution is 5.23. The molecule has 0 unspecified atom stereocenters. The van der Waals surface area contributed by atoms with Crippen molar-refractivity contribution >= 4 is 0 Å². The largest absolute Gasteiger partial charge is 0.308 e. The summed E-state index contributed by atoms with van der Waals surface area (Å²) in [5.41, 5.74) is 2.83. The number of nitrogens with zero attached hydrogens (tertiary/aromatic N) is 3. The summed E-state index contributed by atoms with van der Waals surface area (Å²) in [5.74, 6) is 1.65. The smallest absolute Gasteiger partial charge is 0.0698 e. The topological polar surface area (TPSA) is 19.0 Å². The van der Waals surface area contributed by atoms with Gasteiger partial charge in [0, 0.05) is 38.8 Å². The van der Waals surface area contributed by atoms with Gasteiger partial charge in [0.2, 0.25) is 0 Å². The van der Waals surface area contributed by atoms with Crippen molar-refractivity contribution in [2.75, 3.05) is 40.3 Å². The maximum Gasteiger partial charge on any atom is 0.0698 e. The maximum absolute atomic E-state index is 5.72. The standard InChI is InChI=1S/C26H45N3O/c1-22(2)13-14-26(21-27(3)4)28(18-23-9-5-6-10-23)19-24-11-7-12-25(17-24)20-29-15-8-16-30-29/h7,11-12,17,22-23,26H,5-6,8-10,13-16,18-21H2,1-4H3/t26-/m0/s1. The van der Waals surface area contributed by atoms with Crippen molar-refractivity contribution in [2.45, 2.75) is 77.9 Å². The zero-order valence-electron chi connectivity index (χ0n) is 20.0. The van der Waals surface area contributed by atoms with Gasteiger partial charge in [-0.2, -0.15) is 5.06 Å². The number of rotatable bonds is 12. The first-order valence-electron chi connectivity index (χ1n) is 12.3. The first-order chi connectivity index (χ1) is 14.5. The molecule has 1 aliphatic carbocycles. The third-order valence-electron chi connectivity index (χ3n) is 6.70. The van der Waals surface area contributed by atoms with E-state index >= 15 is 0 Å². The van der Waals surface area contributed by atoms with Gasteiger partial charge < -0.3 is 4.90 Å². The van der Waals surface area contributed by atoms with Crippen molar-refractivity contribution in [2.24, 2.45) is 11.8 Å². The second-order valence-corrected chi connectivity index (χ2v) is 10.3. The summed E-state index contributed by atoms with van der Waals surface area (Å²) in [6.07, 6.45) is 9.44. The molecular formula is C26H45N3O. The number of hydroxylamine groups is 2. The molecule has 3 rings (SSSR count). The van der Waals surface area contributed by atoms with Crippen LogP contribution in [0.25, 0.3) is 0 Å². The SMILES string of the molecule is CC(C)CC[C@@H](CN(C)C)N(Cc1cccc(CN2CCCO2)c1)CC1CCCC1. The number of likely N-dealkylation sites (N-methyl/N-ethyl adjacent to an activating group) is 1. The van der Waals surface area contributed by atoms with Crippen molar-refractivity contribution in [3.8, 4) is 0 Å². The van der Waals surface area contributed by atoms with E-state index in [-0.39, 0.29) is 0 Å². The first-order valence-corrected chi connectivity index (χ1v) is 12.3. The maximum atomic E-state index is 5.72. The Kier molecular flexibility index (Phi) is 9.64. The zero-order chi connectivity index (χ0) is 21.3. The van der Waals surface area contributed by atoms with Crippen molar-refractivity contribution in [1.29, 1.82) is 0 Å². The zero-order valence-corrected chi connectivity index (χ0v) is 20.0. The molecule has 1 atom stereocenters. The van der Waals surface area contributed by atoms with Crippen LogP contribution in [0.2, 0.25) is 0 Å². The summed E-state index contributed by atoms with van der Waals surface area (Å²) in [5, 5.41) is 2.12. The molecular weight excluding hydrogens is 370 g/mol. The lowest BCUT2D eigenvalue weighted by atomic mass is 9.98. The lowest BCUT2D eigenvalue weighted by molar-refractivity contribution is -0.117. The molecule has 4 nitrogen and oxygen atoms in total. The van der Waals surface area contributed by atoms with E-state index < -0.39 is 0 Å². The highest BCUT2D eigenvalue weighted by Gasteiger charge is 2.25. The predicted octanol–water partition coefficient (Wildman–Crippen LogP) is 5.18. The predicted molar refractivity (Wildman–Crippen MR) is 126 cm³/mol. The number of hydrogen-bond donors (Lipinski definition) is 0. The Labute approximate surface area is 185 Å². The fourth-order valence-corrected chi connectivity index (χ4v) is 5.09. The second kappa shape index (κ2) is 12.2. The molecule has 0 amide bonds. The summed E-state index contributed by atoms with van der Waals surface area (Å²) in [6.45, 7) is 11.0. The van der Waals surface area contributed by atoms with Crippen LogP contribution in [0.5, 0.6) is 0 Å². The molecule has 2 fully saturated rings. The van der Waals surface area contributed by atoms with E-state index in [2.05, 4.69) is 67.1 Å². The van der Waals surface area contributed by atoms with Gasteiger partial charge in [-0.15, -0.1) is 0 Å². The summed E-state index contributed by atoms with van der Waals surface area (Å²) < 4.78 is 0. The van der Waals surface area contributed by atoms with E-state index in [0.29, 0.717) is 6.04 Å². The van der Waals surface area contributed by atoms with Gasteiger partial charge in [-0.3, -0.25) is 9.74 Å². The van der Waals surface area contributed by atoms with Crippen LogP contribution in [0.3, 0.4) is 0 Å². The van der Waals surface area contributed by atoms with Crippen LogP contribution in [-0.2, 0) is 17.9 Å². The van der Waals surface area contributed by atoms with Gasteiger partial charge in [-0.05, 0) is 69.2 Å². The average Bonchev–Trinajstić information content (AvgIpc) is 3.39. The number of hydrogen-bond acceptors (Lipinski definition) is 4. The van der Waals surface area contributed by atoms with Gasteiger partial charge in [0.1, 0.15) is 0 Å². The molecule has 0 aromatic heterocycles. The fourth-order valence-electron chi connectivity index (χ4n) is 5.09. The fraction of sp³-hybridized carbons (Fsp3) is 0.769. The van der Waals surface area contributed by atoms with E-state index in [1.165, 1.54) is 56.2 Å². The van der Waals surface area contributed by atoms with Crippen LogP contribution in [0.4, 0.5) is 0 Å². The minimum absolute atomic E-state index is 0.633. The number of benzene rings is 1. The van der Waals surface area contributed by atoms with Gasteiger partial charge in [0.25, 0.3) is 0 Å². The van der Waals surface area contributed by atoms with Crippen LogP contribution in [0, 0.1) is 11.8 Å². The molecule has 170 valence electrons. The van der Waals surface area contributed by atoms with Crippen molar-refractivity contribution in [3.05, 3.63) is 35.4 Å². The Hall–Kier alpha value is -0.940. The minimum Gasteiger partial charge on any atom is -0.308 e. The van der Waals surface area contributed by atoms with Crippen LogP contribution >= 0.6 is 0 Å². The van der Waals surface area contributed by atoms with Crippen molar-refractivity contribution < 1.29 is 4.84 Å². The van der Waals surface area contributed by atoms with Crippen molar-refractivity contribution in [1.82, 2.24) is 14.9 Å². The van der Waals surface area contributed by atoms with Crippen LogP contribution in [0.15, 0.2) is 24.3 Å². The van der Waals surface area contributed by atoms with Gasteiger partial charge in [-0.1, -0.05) is 51.0 Å². The molecule has 2 aliphatic rings.